The molecule has 8 heteroatoms. The fraction of sp³-hybridized carbons (Fsp3) is 0.391. The van der Waals surface area contributed by atoms with Gasteiger partial charge in [-0.05, 0) is 54.8 Å². The molecule has 168 valence electrons. The Morgan fingerprint density at radius 2 is 1.65 bits per heavy atom. The van der Waals surface area contributed by atoms with Crippen LogP contribution in [0.1, 0.15) is 26.3 Å². The molecule has 2 aromatic carbocycles. The minimum absolute atomic E-state index is 0.192. The van der Waals surface area contributed by atoms with Crippen LogP contribution in [-0.4, -0.2) is 43.0 Å². The van der Waals surface area contributed by atoms with E-state index in [-0.39, 0.29) is 25.0 Å². The molecule has 2 amide bonds. The number of ether oxygens (including phenoxy) is 2. The summed E-state index contributed by atoms with van der Waals surface area (Å²) in [6.45, 7) is 6.21. The van der Waals surface area contributed by atoms with Gasteiger partial charge in [0.15, 0.2) is 6.61 Å². The van der Waals surface area contributed by atoms with Crippen molar-refractivity contribution in [2.45, 2.75) is 33.4 Å². The molecule has 0 aliphatic carbocycles. The molecule has 0 heterocycles. The van der Waals surface area contributed by atoms with Crippen molar-refractivity contribution in [1.29, 1.82) is 0 Å². The molecule has 0 spiro atoms. The van der Waals surface area contributed by atoms with Crippen LogP contribution >= 0.6 is 23.2 Å². The number of carbonyl (C=O) groups excluding carboxylic acids is 2. The first-order valence-corrected chi connectivity index (χ1v) is 10.7. The Kier molecular flexibility index (Phi) is 9.46. The lowest BCUT2D eigenvalue weighted by Crippen LogP contribution is -2.49. The zero-order valence-corrected chi connectivity index (χ0v) is 19.7. The monoisotopic (exact) mass is 466 g/mol. The lowest BCUT2D eigenvalue weighted by Gasteiger charge is -2.29. The highest BCUT2D eigenvalue weighted by Crippen LogP contribution is 2.24. The predicted octanol–water partition coefficient (Wildman–Crippen LogP) is 4.57. The Morgan fingerprint density at radius 3 is 2.23 bits per heavy atom. The molecule has 0 aliphatic heterocycles. The van der Waals surface area contributed by atoms with Gasteiger partial charge in [0.05, 0.1) is 17.2 Å². The summed E-state index contributed by atoms with van der Waals surface area (Å²) in [4.78, 5) is 27.1. The van der Waals surface area contributed by atoms with Crippen LogP contribution in [0.2, 0.25) is 10.0 Å². The summed E-state index contributed by atoms with van der Waals surface area (Å²) < 4.78 is 10.8. The van der Waals surface area contributed by atoms with Crippen molar-refractivity contribution in [1.82, 2.24) is 10.2 Å². The van der Waals surface area contributed by atoms with Crippen LogP contribution in [0.3, 0.4) is 0 Å². The van der Waals surface area contributed by atoms with Crippen LogP contribution in [0.4, 0.5) is 0 Å². The largest absolute Gasteiger partial charge is 0.497 e. The number of hydrogen-bond acceptors (Lipinski definition) is 4. The molecule has 0 saturated heterocycles. The van der Waals surface area contributed by atoms with Crippen LogP contribution in [-0.2, 0) is 16.1 Å². The van der Waals surface area contributed by atoms with Crippen LogP contribution in [0.5, 0.6) is 11.5 Å². The molecule has 0 saturated carbocycles. The summed E-state index contributed by atoms with van der Waals surface area (Å²) in [5, 5.41) is 3.69. The van der Waals surface area contributed by atoms with E-state index in [0.717, 1.165) is 5.56 Å². The van der Waals surface area contributed by atoms with E-state index in [1.807, 2.05) is 13.8 Å². The van der Waals surface area contributed by atoms with Crippen molar-refractivity contribution in [3.05, 3.63) is 58.1 Å². The second-order valence-corrected chi connectivity index (χ2v) is 8.36. The minimum atomic E-state index is -0.694. The van der Waals surface area contributed by atoms with Gasteiger partial charge in [-0.1, -0.05) is 43.1 Å². The van der Waals surface area contributed by atoms with Crippen LogP contribution < -0.4 is 14.8 Å². The molecule has 0 aromatic heterocycles. The van der Waals surface area contributed by atoms with E-state index in [1.54, 1.807) is 56.5 Å². The van der Waals surface area contributed by atoms with Gasteiger partial charge < -0.3 is 19.7 Å². The molecule has 0 fully saturated rings. The number of benzene rings is 2. The Balaban J connectivity index is 2.14. The predicted molar refractivity (Wildman–Crippen MR) is 123 cm³/mol. The first-order chi connectivity index (χ1) is 14.7. The molecule has 1 unspecified atom stereocenters. The maximum Gasteiger partial charge on any atom is 0.261 e. The van der Waals surface area contributed by atoms with Crippen molar-refractivity contribution in [2.24, 2.45) is 5.92 Å². The molecule has 1 atom stereocenters. The molecular formula is C23H28Cl2N2O4. The van der Waals surface area contributed by atoms with E-state index in [0.29, 0.717) is 34.0 Å². The van der Waals surface area contributed by atoms with Gasteiger partial charge in [-0.15, -0.1) is 0 Å². The highest BCUT2D eigenvalue weighted by atomic mass is 35.5. The summed E-state index contributed by atoms with van der Waals surface area (Å²) in [7, 11) is 1.58. The van der Waals surface area contributed by atoms with Gasteiger partial charge in [0.1, 0.15) is 17.5 Å². The molecular weight excluding hydrogens is 439 g/mol. The number of nitrogens with zero attached hydrogens (tertiary/aromatic N) is 1. The summed E-state index contributed by atoms with van der Waals surface area (Å²) in [5.74, 6) is 0.963. The van der Waals surface area contributed by atoms with E-state index in [9.17, 15) is 9.59 Å². The molecule has 31 heavy (non-hydrogen) atoms. The molecule has 0 aliphatic rings. The number of carbonyl (C=O) groups is 2. The van der Waals surface area contributed by atoms with Gasteiger partial charge in [-0.25, -0.2) is 0 Å². The second-order valence-electron chi connectivity index (χ2n) is 7.55. The Morgan fingerprint density at radius 1 is 1.00 bits per heavy atom. The maximum absolute atomic E-state index is 13.0. The lowest BCUT2D eigenvalue weighted by molar-refractivity contribution is -0.142. The number of rotatable bonds is 10. The second kappa shape index (κ2) is 11.8. The van der Waals surface area contributed by atoms with Gasteiger partial charge in [0, 0.05) is 13.1 Å². The van der Waals surface area contributed by atoms with Gasteiger partial charge in [-0.3, -0.25) is 9.59 Å². The van der Waals surface area contributed by atoms with E-state index < -0.39 is 6.04 Å². The SMILES string of the molecule is COc1ccc(OCC(=O)N(Cc2ccc(Cl)c(Cl)c2)C(C)C(=O)NCC(C)C)cc1. The van der Waals surface area contributed by atoms with Crippen molar-refractivity contribution >= 4 is 35.0 Å². The van der Waals surface area contributed by atoms with Crippen molar-refractivity contribution in [3.63, 3.8) is 0 Å². The topological polar surface area (TPSA) is 67.9 Å². The molecule has 6 nitrogen and oxygen atoms in total. The van der Waals surface area contributed by atoms with Crippen molar-refractivity contribution < 1.29 is 19.1 Å². The summed E-state index contributed by atoms with van der Waals surface area (Å²) >= 11 is 12.1. The average Bonchev–Trinajstić information content (AvgIpc) is 2.76. The smallest absolute Gasteiger partial charge is 0.261 e. The fourth-order valence-corrected chi connectivity index (χ4v) is 3.09. The minimum Gasteiger partial charge on any atom is -0.497 e. The van der Waals surface area contributed by atoms with E-state index in [1.165, 1.54) is 4.90 Å². The summed E-state index contributed by atoms with van der Waals surface area (Å²) in [6, 6.07) is 11.4. The number of amides is 2. The number of halogens is 2. The number of methoxy groups -OCH3 is 1. The van der Waals surface area contributed by atoms with Gasteiger partial charge in [-0.2, -0.15) is 0 Å². The molecule has 0 radical (unpaired) electrons. The third-order valence-corrected chi connectivity index (χ3v) is 5.35. The van der Waals surface area contributed by atoms with Crippen LogP contribution in [0, 0.1) is 5.92 Å². The highest BCUT2D eigenvalue weighted by molar-refractivity contribution is 6.42. The number of hydrogen-bond donors (Lipinski definition) is 1. The van der Waals surface area contributed by atoms with Gasteiger partial charge in [0.25, 0.3) is 5.91 Å². The summed E-state index contributed by atoms with van der Waals surface area (Å²) in [5.41, 5.74) is 0.760. The summed E-state index contributed by atoms with van der Waals surface area (Å²) in [6.07, 6.45) is 0. The molecule has 2 rings (SSSR count). The molecule has 2 aromatic rings. The van der Waals surface area contributed by atoms with Crippen LogP contribution in [0.15, 0.2) is 42.5 Å². The Hall–Kier alpha value is -2.44. The fourth-order valence-electron chi connectivity index (χ4n) is 2.77. The van der Waals surface area contributed by atoms with Crippen molar-refractivity contribution in [2.75, 3.05) is 20.3 Å². The van der Waals surface area contributed by atoms with Crippen molar-refractivity contribution in [3.8, 4) is 11.5 Å². The van der Waals surface area contributed by atoms with Crippen LogP contribution in [0.25, 0.3) is 0 Å². The first-order valence-electron chi connectivity index (χ1n) is 9.99. The maximum atomic E-state index is 13.0. The third kappa shape index (κ3) is 7.64. The van der Waals surface area contributed by atoms with E-state index in [4.69, 9.17) is 32.7 Å². The van der Waals surface area contributed by atoms with E-state index >= 15 is 0 Å². The zero-order valence-electron chi connectivity index (χ0n) is 18.2. The number of nitrogens with one attached hydrogen (secondary N) is 1. The standard InChI is InChI=1S/C23H28Cl2N2O4/c1-15(2)12-26-23(29)16(3)27(13-17-5-10-20(24)21(25)11-17)22(28)14-31-19-8-6-18(30-4)7-9-19/h5-11,15-16H,12-14H2,1-4H3,(H,26,29). The highest BCUT2D eigenvalue weighted by Gasteiger charge is 2.26. The average molecular weight is 467 g/mol. The third-order valence-electron chi connectivity index (χ3n) is 4.61. The van der Waals surface area contributed by atoms with E-state index in [2.05, 4.69) is 5.32 Å². The molecule has 0 bridgehead atoms. The normalized spacial score (nSPS) is 11.7. The quantitative estimate of drug-likeness (QED) is 0.556. The lowest BCUT2D eigenvalue weighted by atomic mass is 10.1. The van der Waals surface area contributed by atoms with Gasteiger partial charge in [0.2, 0.25) is 5.91 Å². The molecule has 1 N–H and O–H groups in total. The zero-order chi connectivity index (χ0) is 23.0. The Labute approximate surface area is 193 Å². The van der Waals surface area contributed by atoms with Gasteiger partial charge >= 0.3 is 0 Å². The first kappa shape index (κ1) is 24.8. The Bertz CT molecular complexity index is 888.